The van der Waals surface area contributed by atoms with E-state index in [0.29, 0.717) is 84.7 Å². The molecule has 43 heavy (non-hydrogen) atoms. The van der Waals surface area contributed by atoms with Crippen molar-refractivity contribution < 1.29 is 28.3 Å². The average molecular weight is 610 g/mol. The number of Topliss-reactive ketones (excluding diaryl/α,β-unsaturated/α-hetero) is 1. The summed E-state index contributed by atoms with van der Waals surface area (Å²) in [6, 6.07) is 3.01. The van der Waals surface area contributed by atoms with E-state index in [9.17, 15) is 14.4 Å². The van der Waals surface area contributed by atoms with Crippen LogP contribution in [0.4, 0.5) is 11.8 Å². The Hall–Kier alpha value is -4.33. The Kier molecular flexibility index (Phi) is 9.04. The van der Waals surface area contributed by atoms with Gasteiger partial charge < -0.3 is 38.7 Å². The number of thiocarbonyl (C=S) groups is 1. The monoisotopic (exact) mass is 609 g/mol. The Bertz CT molecular complexity index is 1520. The molecule has 14 heteroatoms. The average Bonchev–Trinajstić information content (AvgIpc) is 3.72. The highest BCUT2D eigenvalue weighted by atomic mass is 32.1. The molecule has 3 aromatic rings. The van der Waals surface area contributed by atoms with Gasteiger partial charge in [-0.05, 0) is 25.8 Å². The van der Waals surface area contributed by atoms with Crippen molar-refractivity contribution >= 4 is 57.5 Å². The molecule has 2 amide bonds. The van der Waals surface area contributed by atoms with Crippen LogP contribution in [0.2, 0.25) is 0 Å². The molecular weight excluding hydrogens is 574 g/mol. The van der Waals surface area contributed by atoms with Crippen LogP contribution in [0, 0.1) is 5.92 Å². The third-order valence-electron chi connectivity index (χ3n) is 7.79. The SMILES string of the molecule is COc1cc2nc(N3CCN(C(=O)c4cocn4)CC3)nc(NC(=O)[C@H]3CCCN3C(=S)C(C)CC(C)=O)c2cc1OC. The maximum atomic E-state index is 13.7. The summed E-state index contributed by atoms with van der Waals surface area (Å²) < 4.78 is 16.0. The van der Waals surface area contributed by atoms with Gasteiger partial charge in [0.2, 0.25) is 11.9 Å². The van der Waals surface area contributed by atoms with Gasteiger partial charge in [-0.1, -0.05) is 19.1 Å². The van der Waals surface area contributed by atoms with Gasteiger partial charge in [0.05, 0.1) is 24.7 Å². The van der Waals surface area contributed by atoms with Crippen LogP contribution in [0.5, 0.6) is 11.5 Å². The Morgan fingerprint density at radius 3 is 2.47 bits per heavy atom. The quantitative estimate of drug-likeness (QED) is 0.356. The second-order valence-electron chi connectivity index (χ2n) is 10.7. The van der Waals surface area contributed by atoms with E-state index in [-0.39, 0.29) is 29.2 Å². The largest absolute Gasteiger partial charge is 0.493 e. The number of hydrogen-bond donors (Lipinski definition) is 1. The van der Waals surface area contributed by atoms with Crippen LogP contribution in [0.3, 0.4) is 0 Å². The number of ether oxygens (including phenoxy) is 2. The summed E-state index contributed by atoms with van der Waals surface area (Å²) >= 11 is 5.71. The maximum Gasteiger partial charge on any atom is 0.275 e. The lowest BCUT2D eigenvalue weighted by Crippen LogP contribution is -2.49. The molecule has 0 saturated carbocycles. The molecule has 1 N–H and O–H groups in total. The van der Waals surface area contributed by atoms with Crippen LogP contribution < -0.4 is 19.7 Å². The van der Waals surface area contributed by atoms with E-state index < -0.39 is 6.04 Å². The van der Waals surface area contributed by atoms with E-state index in [1.54, 1.807) is 31.1 Å². The summed E-state index contributed by atoms with van der Waals surface area (Å²) in [5.74, 6) is 1.20. The highest BCUT2D eigenvalue weighted by Gasteiger charge is 2.35. The number of benzene rings is 1. The summed E-state index contributed by atoms with van der Waals surface area (Å²) in [5.41, 5.74) is 0.825. The minimum Gasteiger partial charge on any atom is -0.493 e. The summed E-state index contributed by atoms with van der Waals surface area (Å²) in [6.45, 7) is 5.95. The van der Waals surface area contributed by atoms with E-state index in [0.717, 1.165) is 6.42 Å². The van der Waals surface area contributed by atoms with Gasteiger partial charge in [-0.25, -0.2) is 9.97 Å². The van der Waals surface area contributed by atoms with Gasteiger partial charge in [-0.2, -0.15) is 4.98 Å². The van der Waals surface area contributed by atoms with E-state index in [1.165, 1.54) is 19.8 Å². The molecule has 2 saturated heterocycles. The van der Waals surface area contributed by atoms with Crippen LogP contribution in [-0.2, 0) is 9.59 Å². The first-order valence-corrected chi connectivity index (χ1v) is 14.6. The number of amides is 2. The molecule has 1 aromatic carbocycles. The Morgan fingerprint density at radius 2 is 1.81 bits per heavy atom. The van der Waals surface area contributed by atoms with Crippen molar-refractivity contribution in [2.24, 2.45) is 5.92 Å². The topological polar surface area (TPSA) is 143 Å². The molecule has 1 unspecified atom stereocenters. The van der Waals surface area contributed by atoms with E-state index in [1.807, 2.05) is 16.7 Å². The Balaban J connectivity index is 1.42. The van der Waals surface area contributed by atoms with Gasteiger partial charge in [0, 0.05) is 56.5 Å². The number of carbonyl (C=O) groups is 3. The molecule has 2 atom stereocenters. The molecular formula is C29H35N7O6S. The number of oxazole rings is 1. The molecule has 2 aromatic heterocycles. The maximum absolute atomic E-state index is 13.7. The fourth-order valence-electron chi connectivity index (χ4n) is 5.57. The van der Waals surface area contributed by atoms with Crippen molar-refractivity contribution in [3.8, 4) is 11.5 Å². The van der Waals surface area contributed by atoms with Gasteiger partial charge in [-0.3, -0.25) is 9.59 Å². The molecule has 0 radical (unpaired) electrons. The van der Waals surface area contributed by atoms with Gasteiger partial charge >= 0.3 is 0 Å². The number of anilines is 2. The van der Waals surface area contributed by atoms with Crippen LogP contribution >= 0.6 is 12.2 Å². The molecule has 0 aliphatic carbocycles. The van der Waals surface area contributed by atoms with Crippen molar-refractivity contribution in [2.45, 2.75) is 39.2 Å². The number of nitrogens with one attached hydrogen (secondary N) is 1. The molecule has 2 aliphatic rings. The first-order valence-electron chi connectivity index (χ1n) is 14.2. The van der Waals surface area contributed by atoms with Gasteiger partial charge in [-0.15, -0.1) is 0 Å². The van der Waals surface area contributed by atoms with Crippen molar-refractivity contribution in [3.05, 3.63) is 30.5 Å². The first kappa shape index (κ1) is 30.1. The number of carbonyl (C=O) groups excluding carboxylic acids is 3. The fourth-order valence-corrected chi connectivity index (χ4v) is 5.88. The predicted octanol–water partition coefficient (Wildman–Crippen LogP) is 2.94. The molecule has 2 aliphatic heterocycles. The highest BCUT2D eigenvalue weighted by molar-refractivity contribution is 7.80. The van der Waals surface area contributed by atoms with Crippen molar-refractivity contribution in [1.29, 1.82) is 0 Å². The lowest BCUT2D eigenvalue weighted by Gasteiger charge is -2.34. The van der Waals surface area contributed by atoms with Crippen molar-refractivity contribution in [2.75, 3.05) is 57.2 Å². The van der Waals surface area contributed by atoms with E-state index in [4.69, 9.17) is 36.1 Å². The number of ketones is 1. The number of likely N-dealkylation sites (tertiary alicyclic amines) is 1. The molecule has 0 bridgehead atoms. The number of hydrogen-bond acceptors (Lipinski definition) is 11. The van der Waals surface area contributed by atoms with Gasteiger partial charge in [0.1, 0.15) is 23.9 Å². The molecule has 228 valence electrons. The van der Waals surface area contributed by atoms with Crippen molar-refractivity contribution in [3.63, 3.8) is 0 Å². The smallest absolute Gasteiger partial charge is 0.275 e. The third-order valence-corrected chi connectivity index (χ3v) is 8.42. The summed E-state index contributed by atoms with van der Waals surface area (Å²) in [4.78, 5) is 57.9. The number of aromatic nitrogens is 3. The number of rotatable bonds is 9. The van der Waals surface area contributed by atoms with Crippen LogP contribution in [-0.4, -0.2) is 100 Å². The van der Waals surface area contributed by atoms with Gasteiger partial charge in [0.15, 0.2) is 23.6 Å². The summed E-state index contributed by atoms with van der Waals surface area (Å²) in [6.07, 6.45) is 4.34. The zero-order chi connectivity index (χ0) is 30.7. The summed E-state index contributed by atoms with van der Waals surface area (Å²) in [7, 11) is 3.08. The lowest BCUT2D eigenvalue weighted by atomic mass is 10.0. The minimum atomic E-state index is -0.485. The van der Waals surface area contributed by atoms with Crippen LogP contribution in [0.1, 0.15) is 43.6 Å². The zero-order valence-electron chi connectivity index (χ0n) is 24.7. The van der Waals surface area contributed by atoms with E-state index >= 15 is 0 Å². The first-order chi connectivity index (χ1) is 20.7. The third kappa shape index (κ3) is 6.38. The van der Waals surface area contributed by atoms with E-state index in [2.05, 4.69) is 10.3 Å². The predicted molar refractivity (Wildman–Crippen MR) is 163 cm³/mol. The Labute approximate surface area is 254 Å². The lowest BCUT2D eigenvalue weighted by molar-refractivity contribution is -0.119. The standard InChI is InChI=1S/C29H35N7O6S/c1-17(12-18(2)37)28(43)36-7-5-6-22(36)26(38)32-25-19-13-23(40-3)24(41-4)14-20(19)31-29(33-25)35-10-8-34(9-11-35)27(39)21-15-42-16-30-21/h13-17,22H,5-12H2,1-4H3,(H,31,32,33,38)/t17?,22-/m1/s1. The second kappa shape index (κ2) is 12.9. The molecule has 0 spiro atoms. The molecule has 2 fully saturated rings. The van der Waals surface area contributed by atoms with Gasteiger partial charge in [0.25, 0.3) is 5.91 Å². The molecule has 5 rings (SSSR count). The number of methoxy groups -OCH3 is 2. The van der Waals surface area contributed by atoms with Crippen LogP contribution in [0.25, 0.3) is 10.9 Å². The number of nitrogens with zero attached hydrogens (tertiary/aromatic N) is 6. The molecule has 13 nitrogen and oxygen atoms in total. The normalized spacial score (nSPS) is 17.6. The molecule has 4 heterocycles. The minimum absolute atomic E-state index is 0.0581. The Morgan fingerprint density at radius 1 is 1.09 bits per heavy atom. The summed E-state index contributed by atoms with van der Waals surface area (Å²) in [5, 5.41) is 3.63. The van der Waals surface area contributed by atoms with Crippen LogP contribution in [0.15, 0.2) is 29.2 Å². The zero-order valence-corrected chi connectivity index (χ0v) is 25.5. The highest BCUT2D eigenvalue weighted by Crippen LogP contribution is 2.35. The second-order valence-corrected chi connectivity index (χ2v) is 11.2. The number of fused-ring (bicyclic) bond motifs is 1. The fraction of sp³-hybridized carbons (Fsp3) is 0.483. The number of piperazine rings is 1. The van der Waals surface area contributed by atoms with Crippen molar-refractivity contribution in [1.82, 2.24) is 24.8 Å².